The van der Waals surface area contributed by atoms with Crippen molar-refractivity contribution < 1.29 is 13.5 Å². The summed E-state index contributed by atoms with van der Waals surface area (Å²) in [5, 5.41) is 10.8. The van der Waals surface area contributed by atoms with Gasteiger partial charge in [0.1, 0.15) is 9.84 Å². The highest BCUT2D eigenvalue weighted by molar-refractivity contribution is 7.91. The molecule has 2 rings (SSSR count). The normalized spacial score (nSPS) is 31.5. The van der Waals surface area contributed by atoms with Crippen molar-refractivity contribution in [3.8, 4) is 0 Å². The Labute approximate surface area is 130 Å². The monoisotopic (exact) mass is 316 g/mol. The second kappa shape index (κ2) is 6.57. The summed E-state index contributed by atoms with van der Waals surface area (Å²) in [4.78, 5) is 0. The molecule has 21 heavy (non-hydrogen) atoms. The number of hydrogen-bond donors (Lipinski definition) is 1. The minimum absolute atomic E-state index is 0.0538. The molecule has 0 aromatic rings. The maximum atomic E-state index is 11.9. The zero-order chi connectivity index (χ0) is 15.7. The Balaban J connectivity index is 2.11. The molecule has 2 aliphatic rings. The van der Waals surface area contributed by atoms with E-state index in [1.165, 1.54) is 19.1 Å². The lowest BCUT2D eigenvalue weighted by molar-refractivity contribution is -0.0388. The zero-order valence-electron chi connectivity index (χ0n) is 13.8. The average Bonchev–Trinajstić information content (AvgIpc) is 2.86. The quantitative estimate of drug-likeness (QED) is 0.844. The molecule has 3 unspecified atom stereocenters. The van der Waals surface area contributed by atoms with E-state index in [0.29, 0.717) is 12.3 Å². The van der Waals surface area contributed by atoms with E-state index in [1.807, 2.05) is 0 Å². The van der Waals surface area contributed by atoms with Gasteiger partial charge in [-0.25, -0.2) is 8.42 Å². The molecule has 0 aromatic carbocycles. The van der Waals surface area contributed by atoms with E-state index in [1.54, 1.807) is 0 Å². The van der Waals surface area contributed by atoms with E-state index in [9.17, 15) is 13.5 Å². The zero-order valence-corrected chi connectivity index (χ0v) is 14.7. The third-order valence-electron chi connectivity index (χ3n) is 5.76. The first kappa shape index (κ1) is 17.3. The molecule has 2 saturated carbocycles. The average molecular weight is 317 g/mol. The van der Waals surface area contributed by atoms with Crippen LogP contribution < -0.4 is 0 Å². The molecule has 0 aromatic heterocycles. The molecule has 4 heteroatoms. The molecule has 0 aliphatic heterocycles. The van der Waals surface area contributed by atoms with Crippen LogP contribution in [0.5, 0.6) is 0 Å². The molecule has 3 nitrogen and oxygen atoms in total. The Kier molecular flexibility index (Phi) is 5.40. The van der Waals surface area contributed by atoms with Crippen LogP contribution >= 0.6 is 0 Å². The van der Waals surface area contributed by atoms with Gasteiger partial charge < -0.3 is 5.11 Å². The Morgan fingerprint density at radius 3 is 2.29 bits per heavy atom. The van der Waals surface area contributed by atoms with Crippen LogP contribution in [0.2, 0.25) is 0 Å². The molecule has 0 saturated heterocycles. The second-order valence-electron chi connectivity index (χ2n) is 7.99. The molecular formula is C17H32O3S. The summed E-state index contributed by atoms with van der Waals surface area (Å²) in [7, 11) is -2.97. The van der Waals surface area contributed by atoms with E-state index in [0.717, 1.165) is 38.5 Å². The first-order valence-electron chi connectivity index (χ1n) is 8.61. The summed E-state index contributed by atoms with van der Waals surface area (Å²) in [6, 6.07) is 0. The predicted octanol–water partition coefficient (Wildman–Crippen LogP) is 3.56. The highest BCUT2D eigenvalue weighted by Crippen LogP contribution is 2.50. The molecule has 0 bridgehead atoms. The van der Waals surface area contributed by atoms with Gasteiger partial charge >= 0.3 is 0 Å². The second-order valence-corrected chi connectivity index (χ2v) is 10.3. The van der Waals surface area contributed by atoms with Crippen molar-refractivity contribution in [2.45, 2.75) is 83.0 Å². The summed E-state index contributed by atoms with van der Waals surface area (Å²) >= 11 is 0. The number of hydrogen-bond acceptors (Lipinski definition) is 3. The number of rotatable bonds is 5. The van der Waals surface area contributed by atoms with E-state index in [-0.39, 0.29) is 22.7 Å². The molecule has 0 radical (unpaired) electrons. The van der Waals surface area contributed by atoms with Crippen LogP contribution in [0, 0.1) is 17.3 Å². The maximum Gasteiger partial charge on any atom is 0.150 e. The van der Waals surface area contributed by atoms with Crippen LogP contribution in [-0.4, -0.2) is 31.1 Å². The first-order valence-corrected chi connectivity index (χ1v) is 10.6. The summed E-state index contributed by atoms with van der Waals surface area (Å²) in [5.41, 5.74) is 0.0538. The SMILES string of the molecule is CC(C)CC1(C(O)C2CCCC(S(C)(=O)=O)C2)CCCC1. The fourth-order valence-corrected chi connectivity index (χ4v) is 6.06. The fourth-order valence-electron chi connectivity index (χ4n) is 4.87. The van der Waals surface area contributed by atoms with Gasteiger partial charge in [0.25, 0.3) is 0 Å². The summed E-state index contributed by atoms with van der Waals surface area (Å²) < 4.78 is 23.7. The molecule has 1 N–H and O–H groups in total. The lowest BCUT2D eigenvalue weighted by atomic mass is 9.67. The molecular weight excluding hydrogens is 284 g/mol. The molecule has 0 spiro atoms. The fraction of sp³-hybridized carbons (Fsp3) is 1.00. The van der Waals surface area contributed by atoms with Crippen molar-refractivity contribution in [2.24, 2.45) is 17.3 Å². The molecule has 3 atom stereocenters. The third kappa shape index (κ3) is 4.01. The van der Waals surface area contributed by atoms with Crippen LogP contribution in [0.25, 0.3) is 0 Å². The van der Waals surface area contributed by atoms with Crippen LogP contribution in [0.4, 0.5) is 0 Å². The first-order chi connectivity index (χ1) is 9.74. The van der Waals surface area contributed by atoms with E-state index in [4.69, 9.17) is 0 Å². The largest absolute Gasteiger partial charge is 0.392 e. The highest BCUT2D eigenvalue weighted by atomic mass is 32.2. The number of aliphatic hydroxyl groups is 1. The smallest absolute Gasteiger partial charge is 0.150 e. The van der Waals surface area contributed by atoms with Gasteiger partial charge in [0.2, 0.25) is 0 Å². The minimum atomic E-state index is -2.97. The molecule has 2 aliphatic carbocycles. The molecule has 0 amide bonds. The van der Waals surface area contributed by atoms with Gasteiger partial charge in [-0.2, -0.15) is 0 Å². The van der Waals surface area contributed by atoms with E-state index >= 15 is 0 Å². The number of sulfone groups is 1. The Morgan fingerprint density at radius 1 is 1.14 bits per heavy atom. The van der Waals surface area contributed by atoms with Gasteiger partial charge in [0.15, 0.2) is 0 Å². The van der Waals surface area contributed by atoms with Crippen molar-refractivity contribution in [3.05, 3.63) is 0 Å². The van der Waals surface area contributed by atoms with Gasteiger partial charge in [-0.3, -0.25) is 0 Å². The van der Waals surface area contributed by atoms with Crippen LogP contribution in [0.1, 0.15) is 71.6 Å². The van der Waals surface area contributed by atoms with Crippen molar-refractivity contribution in [1.82, 2.24) is 0 Å². The van der Waals surface area contributed by atoms with Crippen LogP contribution in [0.3, 0.4) is 0 Å². The molecule has 2 fully saturated rings. The van der Waals surface area contributed by atoms with Gasteiger partial charge in [0.05, 0.1) is 11.4 Å². The third-order valence-corrected chi connectivity index (χ3v) is 7.40. The number of aliphatic hydroxyl groups excluding tert-OH is 1. The van der Waals surface area contributed by atoms with E-state index < -0.39 is 9.84 Å². The van der Waals surface area contributed by atoms with Crippen molar-refractivity contribution in [2.75, 3.05) is 6.26 Å². The Bertz CT molecular complexity index is 435. The topological polar surface area (TPSA) is 54.4 Å². The van der Waals surface area contributed by atoms with Gasteiger partial charge in [-0.05, 0) is 55.8 Å². The standard InChI is InChI=1S/C17H32O3S/c1-13(2)12-17(9-4-5-10-17)16(18)14-7-6-8-15(11-14)21(3,19)20/h13-16,18H,4-12H2,1-3H3. The van der Waals surface area contributed by atoms with E-state index in [2.05, 4.69) is 13.8 Å². The van der Waals surface area contributed by atoms with Gasteiger partial charge in [-0.1, -0.05) is 33.1 Å². The van der Waals surface area contributed by atoms with Crippen molar-refractivity contribution in [1.29, 1.82) is 0 Å². The van der Waals surface area contributed by atoms with Gasteiger partial charge in [0, 0.05) is 6.26 Å². The highest BCUT2D eigenvalue weighted by Gasteiger charge is 2.45. The summed E-state index contributed by atoms with van der Waals surface area (Å²) in [6.45, 7) is 4.46. The van der Waals surface area contributed by atoms with Crippen molar-refractivity contribution >= 4 is 9.84 Å². The lowest BCUT2D eigenvalue weighted by Crippen LogP contribution is -2.43. The van der Waals surface area contributed by atoms with Crippen LogP contribution in [0.15, 0.2) is 0 Å². The Morgan fingerprint density at radius 2 is 1.76 bits per heavy atom. The summed E-state index contributed by atoms with van der Waals surface area (Å²) in [6.07, 6.45) is 10.2. The van der Waals surface area contributed by atoms with Gasteiger partial charge in [-0.15, -0.1) is 0 Å². The van der Waals surface area contributed by atoms with Crippen molar-refractivity contribution in [3.63, 3.8) is 0 Å². The summed E-state index contributed by atoms with van der Waals surface area (Å²) in [5.74, 6) is 0.766. The molecule has 124 valence electrons. The predicted molar refractivity (Wildman–Crippen MR) is 87.0 cm³/mol. The maximum absolute atomic E-state index is 11.9. The van der Waals surface area contributed by atoms with Crippen LogP contribution in [-0.2, 0) is 9.84 Å². The molecule has 0 heterocycles. The minimum Gasteiger partial charge on any atom is -0.392 e. The lowest BCUT2D eigenvalue weighted by Gasteiger charge is -2.42. The Hall–Kier alpha value is -0.0900.